The molecule has 2 rings (SSSR count). The zero-order valence-corrected chi connectivity index (χ0v) is 11.9. The molecule has 1 heterocycles. The number of aliphatic hydroxyl groups is 1. The summed E-state index contributed by atoms with van der Waals surface area (Å²) in [7, 11) is 0. The number of halogens is 1. The number of hydrogen-bond acceptors (Lipinski definition) is 2. The summed E-state index contributed by atoms with van der Waals surface area (Å²) in [6.07, 6.45) is 4.94. The molecular weight excluding hydrogens is 290 g/mol. The minimum absolute atomic E-state index is 0.619. The van der Waals surface area contributed by atoms with Crippen LogP contribution in [0.5, 0.6) is 0 Å². The summed E-state index contributed by atoms with van der Waals surface area (Å²) in [5, 5.41) is 10.3. The topological polar surface area (TPSA) is 33.1 Å². The van der Waals surface area contributed by atoms with Gasteiger partial charge in [0.15, 0.2) is 0 Å². The molecule has 1 aromatic carbocycles. The van der Waals surface area contributed by atoms with Crippen LogP contribution in [0.15, 0.2) is 47.2 Å². The Morgan fingerprint density at radius 1 is 1.22 bits per heavy atom. The Bertz CT molecular complexity index is 527. The molecule has 94 valence electrons. The molecule has 1 N–H and O–H groups in total. The van der Waals surface area contributed by atoms with E-state index in [1.807, 2.05) is 18.2 Å². The standard InChI is InChI=1S/C15H16BrNO/c1-2-4-11-5-3-6-12(7-11)15(18)13-8-14(16)10-17-9-13/h3,5-10,15,18H,2,4H2,1H3. The van der Waals surface area contributed by atoms with Gasteiger partial charge in [-0.15, -0.1) is 0 Å². The Kier molecular flexibility index (Phi) is 4.50. The van der Waals surface area contributed by atoms with Crippen molar-refractivity contribution in [3.63, 3.8) is 0 Å². The largest absolute Gasteiger partial charge is 0.384 e. The number of nitrogens with zero attached hydrogens (tertiary/aromatic N) is 1. The van der Waals surface area contributed by atoms with E-state index in [2.05, 4.69) is 40.0 Å². The average Bonchev–Trinajstić information content (AvgIpc) is 2.39. The van der Waals surface area contributed by atoms with Crippen LogP contribution in [0, 0.1) is 0 Å². The van der Waals surface area contributed by atoms with Crippen molar-refractivity contribution in [3.8, 4) is 0 Å². The fraction of sp³-hybridized carbons (Fsp3) is 0.267. The van der Waals surface area contributed by atoms with Crippen LogP contribution in [0.4, 0.5) is 0 Å². The lowest BCUT2D eigenvalue weighted by molar-refractivity contribution is 0.219. The first-order chi connectivity index (χ1) is 8.70. The van der Waals surface area contributed by atoms with Crippen LogP contribution in [-0.2, 0) is 6.42 Å². The van der Waals surface area contributed by atoms with Gasteiger partial charge in [0, 0.05) is 22.4 Å². The lowest BCUT2D eigenvalue weighted by atomic mass is 9.99. The van der Waals surface area contributed by atoms with Gasteiger partial charge in [0.2, 0.25) is 0 Å². The number of pyridine rings is 1. The maximum absolute atomic E-state index is 10.3. The number of aryl methyl sites for hydroxylation is 1. The van der Waals surface area contributed by atoms with Gasteiger partial charge in [0.25, 0.3) is 0 Å². The zero-order valence-electron chi connectivity index (χ0n) is 10.3. The molecule has 0 bridgehead atoms. The van der Waals surface area contributed by atoms with E-state index in [-0.39, 0.29) is 0 Å². The van der Waals surface area contributed by atoms with Gasteiger partial charge < -0.3 is 5.11 Å². The summed E-state index contributed by atoms with van der Waals surface area (Å²) in [6.45, 7) is 2.15. The third kappa shape index (κ3) is 3.18. The molecule has 0 aliphatic carbocycles. The third-order valence-electron chi connectivity index (χ3n) is 2.85. The molecule has 18 heavy (non-hydrogen) atoms. The van der Waals surface area contributed by atoms with Crippen molar-refractivity contribution >= 4 is 15.9 Å². The van der Waals surface area contributed by atoms with Crippen molar-refractivity contribution in [3.05, 3.63) is 63.9 Å². The highest BCUT2D eigenvalue weighted by atomic mass is 79.9. The van der Waals surface area contributed by atoms with Gasteiger partial charge in [-0.25, -0.2) is 0 Å². The van der Waals surface area contributed by atoms with Crippen molar-refractivity contribution in [2.75, 3.05) is 0 Å². The first-order valence-electron chi connectivity index (χ1n) is 6.08. The molecular formula is C15H16BrNO. The Labute approximate surface area is 116 Å². The fourth-order valence-electron chi connectivity index (χ4n) is 1.98. The summed E-state index contributed by atoms with van der Waals surface area (Å²) in [5.74, 6) is 0. The van der Waals surface area contributed by atoms with Crippen LogP contribution in [0.25, 0.3) is 0 Å². The first kappa shape index (κ1) is 13.2. The molecule has 2 aromatic rings. The van der Waals surface area contributed by atoms with Crippen LogP contribution in [0.3, 0.4) is 0 Å². The highest BCUT2D eigenvalue weighted by molar-refractivity contribution is 9.10. The van der Waals surface area contributed by atoms with Crippen LogP contribution < -0.4 is 0 Å². The third-order valence-corrected chi connectivity index (χ3v) is 3.28. The maximum atomic E-state index is 10.3. The lowest BCUT2D eigenvalue weighted by Crippen LogP contribution is -2.01. The number of hydrogen-bond donors (Lipinski definition) is 1. The van der Waals surface area contributed by atoms with E-state index < -0.39 is 6.10 Å². The lowest BCUT2D eigenvalue weighted by Gasteiger charge is -2.12. The average molecular weight is 306 g/mol. The maximum Gasteiger partial charge on any atom is 0.106 e. The number of aliphatic hydroxyl groups excluding tert-OH is 1. The first-order valence-corrected chi connectivity index (χ1v) is 6.87. The monoisotopic (exact) mass is 305 g/mol. The smallest absolute Gasteiger partial charge is 0.106 e. The summed E-state index contributed by atoms with van der Waals surface area (Å²) in [5.41, 5.74) is 2.98. The van der Waals surface area contributed by atoms with Crippen LogP contribution >= 0.6 is 15.9 Å². The number of aromatic nitrogens is 1. The molecule has 2 nitrogen and oxygen atoms in total. The predicted octanol–water partition coefficient (Wildman–Crippen LogP) is 3.88. The Balaban J connectivity index is 2.27. The van der Waals surface area contributed by atoms with Gasteiger partial charge in [-0.3, -0.25) is 4.98 Å². The highest BCUT2D eigenvalue weighted by Gasteiger charge is 2.11. The minimum Gasteiger partial charge on any atom is -0.384 e. The molecule has 0 saturated carbocycles. The van der Waals surface area contributed by atoms with E-state index in [9.17, 15) is 5.11 Å². The molecule has 0 saturated heterocycles. The molecule has 3 heteroatoms. The summed E-state index contributed by atoms with van der Waals surface area (Å²) in [6, 6.07) is 10.00. The number of rotatable bonds is 4. The van der Waals surface area contributed by atoms with Gasteiger partial charge in [-0.1, -0.05) is 37.6 Å². The van der Waals surface area contributed by atoms with Gasteiger partial charge in [-0.2, -0.15) is 0 Å². The quantitative estimate of drug-likeness (QED) is 0.930. The molecule has 1 atom stereocenters. The van der Waals surface area contributed by atoms with Crippen molar-refractivity contribution in [1.29, 1.82) is 0 Å². The molecule has 0 spiro atoms. The molecule has 1 aromatic heterocycles. The van der Waals surface area contributed by atoms with Gasteiger partial charge >= 0.3 is 0 Å². The molecule has 0 fully saturated rings. The van der Waals surface area contributed by atoms with E-state index in [1.165, 1.54) is 5.56 Å². The normalized spacial score (nSPS) is 12.4. The van der Waals surface area contributed by atoms with Crippen molar-refractivity contribution in [2.24, 2.45) is 0 Å². The Morgan fingerprint density at radius 2 is 2.06 bits per heavy atom. The molecule has 1 unspecified atom stereocenters. The van der Waals surface area contributed by atoms with E-state index in [0.29, 0.717) is 0 Å². The second kappa shape index (κ2) is 6.12. The SMILES string of the molecule is CCCc1cccc(C(O)c2cncc(Br)c2)c1. The van der Waals surface area contributed by atoms with Gasteiger partial charge in [-0.05, 0) is 39.5 Å². The van der Waals surface area contributed by atoms with E-state index in [1.54, 1.807) is 12.4 Å². The van der Waals surface area contributed by atoms with Gasteiger partial charge in [0.1, 0.15) is 6.10 Å². The summed E-state index contributed by atoms with van der Waals surface area (Å²) < 4.78 is 0.878. The van der Waals surface area contributed by atoms with Crippen molar-refractivity contribution < 1.29 is 5.11 Å². The van der Waals surface area contributed by atoms with Crippen molar-refractivity contribution in [2.45, 2.75) is 25.9 Å². The minimum atomic E-state index is -0.619. The zero-order chi connectivity index (χ0) is 13.0. The fourth-order valence-corrected chi connectivity index (χ4v) is 2.36. The summed E-state index contributed by atoms with van der Waals surface area (Å²) in [4.78, 5) is 4.08. The second-order valence-corrected chi connectivity index (χ2v) is 5.25. The predicted molar refractivity (Wildman–Crippen MR) is 76.4 cm³/mol. The Morgan fingerprint density at radius 3 is 2.78 bits per heavy atom. The van der Waals surface area contributed by atoms with Crippen molar-refractivity contribution in [1.82, 2.24) is 4.98 Å². The molecule has 0 amide bonds. The molecule has 0 radical (unpaired) electrons. The van der Waals surface area contributed by atoms with Crippen LogP contribution in [-0.4, -0.2) is 10.1 Å². The molecule has 0 aliphatic heterocycles. The number of benzene rings is 1. The Hall–Kier alpha value is -1.19. The van der Waals surface area contributed by atoms with Gasteiger partial charge in [0.05, 0.1) is 0 Å². The van der Waals surface area contributed by atoms with Crippen LogP contribution in [0.2, 0.25) is 0 Å². The second-order valence-electron chi connectivity index (χ2n) is 4.33. The highest BCUT2D eigenvalue weighted by Crippen LogP contribution is 2.24. The van der Waals surface area contributed by atoms with E-state index in [0.717, 1.165) is 28.4 Å². The summed E-state index contributed by atoms with van der Waals surface area (Å²) >= 11 is 3.37. The van der Waals surface area contributed by atoms with E-state index >= 15 is 0 Å². The van der Waals surface area contributed by atoms with E-state index in [4.69, 9.17) is 0 Å². The van der Waals surface area contributed by atoms with Crippen LogP contribution in [0.1, 0.15) is 36.1 Å². The molecule has 0 aliphatic rings.